The number of aryl methyl sites for hydroxylation is 1. The number of ether oxygens (including phenoxy) is 1. The Morgan fingerprint density at radius 2 is 1.82 bits per heavy atom. The van der Waals surface area contributed by atoms with Gasteiger partial charge in [0.1, 0.15) is 17.4 Å². The van der Waals surface area contributed by atoms with Gasteiger partial charge in [-0.2, -0.15) is 0 Å². The normalized spacial score (nSPS) is 15.9. The first-order chi connectivity index (χ1) is 16.2. The van der Waals surface area contributed by atoms with Gasteiger partial charge in [-0.25, -0.2) is 17.2 Å². The highest BCUT2D eigenvalue weighted by atomic mass is 32.2. The van der Waals surface area contributed by atoms with Gasteiger partial charge in [-0.15, -0.1) is 0 Å². The van der Waals surface area contributed by atoms with Gasteiger partial charge in [0, 0.05) is 29.9 Å². The first kappa shape index (κ1) is 23.7. The number of hydrogen-bond donors (Lipinski definition) is 1. The van der Waals surface area contributed by atoms with Gasteiger partial charge in [-0.1, -0.05) is 31.2 Å². The summed E-state index contributed by atoms with van der Waals surface area (Å²) in [6.45, 7) is 3.51. The molecule has 1 aliphatic rings. The van der Waals surface area contributed by atoms with E-state index in [1.807, 2.05) is 6.92 Å². The zero-order valence-electron chi connectivity index (χ0n) is 18.7. The largest absolute Gasteiger partial charge is 0.480 e. The molecule has 1 unspecified atom stereocenters. The third-order valence-electron chi connectivity index (χ3n) is 5.67. The minimum absolute atomic E-state index is 0.0450. The second kappa shape index (κ2) is 9.42. The summed E-state index contributed by atoms with van der Waals surface area (Å²) in [4.78, 5) is 14.3. The summed E-state index contributed by atoms with van der Waals surface area (Å²) in [5, 5.41) is 0. The first-order valence-electron chi connectivity index (χ1n) is 10.8. The maximum absolute atomic E-state index is 14.2. The van der Waals surface area contributed by atoms with Crippen LogP contribution in [0.1, 0.15) is 30.0 Å². The van der Waals surface area contributed by atoms with Crippen molar-refractivity contribution in [2.24, 2.45) is 0 Å². The lowest BCUT2D eigenvalue weighted by Crippen LogP contribution is -2.39. The van der Waals surface area contributed by atoms with E-state index >= 15 is 0 Å². The Morgan fingerprint density at radius 1 is 1.06 bits per heavy atom. The van der Waals surface area contributed by atoms with Gasteiger partial charge in [0.05, 0.1) is 4.90 Å². The summed E-state index contributed by atoms with van der Waals surface area (Å²) in [6.07, 6.45) is -0.328. The van der Waals surface area contributed by atoms with Gasteiger partial charge in [-0.05, 0) is 55.3 Å². The fraction of sp³-hybridized carbons (Fsp3) is 0.240. The van der Waals surface area contributed by atoms with Crippen molar-refractivity contribution in [3.63, 3.8) is 0 Å². The molecule has 0 radical (unpaired) electrons. The molecule has 34 heavy (non-hydrogen) atoms. The lowest BCUT2D eigenvalue weighted by Gasteiger charge is -2.23. The number of carbonyl (C=O) groups is 1. The van der Waals surface area contributed by atoms with Crippen LogP contribution >= 0.6 is 0 Å². The first-order valence-corrected chi connectivity index (χ1v) is 12.3. The van der Waals surface area contributed by atoms with E-state index in [0.29, 0.717) is 28.9 Å². The molecule has 3 aromatic rings. The Hall–Kier alpha value is -3.46. The van der Waals surface area contributed by atoms with Crippen LogP contribution in [0.25, 0.3) is 0 Å². The Balaban J connectivity index is 1.64. The number of amides is 1. The van der Waals surface area contributed by atoms with Crippen molar-refractivity contribution in [3.8, 4) is 5.75 Å². The number of anilines is 1. The third-order valence-corrected chi connectivity index (χ3v) is 7.05. The molecule has 6 nitrogen and oxygen atoms in total. The van der Waals surface area contributed by atoms with Crippen LogP contribution in [0.4, 0.5) is 14.5 Å². The summed E-state index contributed by atoms with van der Waals surface area (Å²) < 4.78 is 62.1. The smallest absolute Gasteiger partial charge is 0.264 e. The summed E-state index contributed by atoms with van der Waals surface area (Å²) in [7, 11) is -4.04. The maximum Gasteiger partial charge on any atom is 0.264 e. The van der Waals surface area contributed by atoms with Crippen molar-refractivity contribution in [1.82, 2.24) is 4.90 Å². The molecule has 0 saturated carbocycles. The number of nitrogens with zero attached hydrogens (tertiary/aromatic N) is 1. The summed E-state index contributed by atoms with van der Waals surface area (Å²) in [6, 6.07) is 14.6. The molecule has 4 rings (SSSR count). The molecule has 178 valence electrons. The average molecular weight is 487 g/mol. The molecule has 9 heteroatoms. The minimum atomic E-state index is -4.04. The van der Waals surface area contributed by atoms with Crippen LogP contribution in [-0.2, 0) is 27.9 Å². The second-order valence-electron chi connectivity index (χ2n) is 8.14. The number of benzene rings is 3. The number of fused-ring (bicyclic) bond motifs is 1. The van der Waals surface area contributed by atoms with E-state index in [-0.39, 0.29) is 29.6 Å². The van der Waals surface area contributed by atoms with E-state index in [1.165, 1.54) is 29.2 Å². The zero-order chi connectivity index (χ0) is 24.5. The molecule has 0 spiro atoms. The molecule has 1 amide bonds. The van der Waals surface area contributed by atoms with Crippen LogP contribution in [0.5, 0.6) is 5.75 Å². The van der Waals surface area contributed by atoms with Gasteiger partial charge in [0.25, 0.3) is 15.9 Å². The number of carbonyl (C=O) groups excluding carboxylic acids is 1. The number of rotatable bonds is 6. The predicted octanol–water partition coefficient (Wildman–Crippen LogP) is 4.77. The number of nitrogens with one attached hydrogen (secondary N) is 1. The highest BCUT2D eigenvalue weighted by Crippen LogP contribution is 2.31. The molecule has 1 aliphatic heterocycles. The van der Waals surface area contributed by atoms with E-state index in [1.54, 1.807) is 37.3 Å². The molecule has 3 aromatic carbocycles. The average Bonchev–Trinajstić information content (AvgIpc) is 2.93. The van der Waals surface area contributed by atoms with E-state index < -0.39 is 27.8 Å². The molecule has 1 N–H and O–H groups in total. The summed E-state index contributed by atoms with van der Waals surface area (Å²) in [5.74, 6) is -0.869. The lowest BCUT2D eigenvalue weighted by atomic mass is 10.1. The molecule has 1 heterocycles. The monoisotopic (exact) mass is 486 g/mol. The highest BCUT2D eigenvalue weighted by Gasteiger charge is 2.30. The fourth-order valence-electron chi connectivity index (χ4n) is 3.75. The van der Waals surface area contributed by atoms with Crippen LogP contribution < -0.4 is 9.46 Å². The van der Waals surface area contributed by atoms with Crippen molar-refractivity contribution < 1.29 is 26.7 Å². The van der Waals surface area contributed by atoms with Gasteiger partial charge in [-0.3, -0.25) is 9.52 Å². The van der Waals surface area contributed by atoms with Crippen molar-refractivity contribution >= 4 is 21.6 Å². The lowest BCUT2D eigenvalue weighted by molar-refractivity contribution is -0.139. The van der Waals surface area contributed by atoms with Gasteiger partial charge >= 0.3 is 0 Å². The molecule has 0 bridgehead atoms. The van der Waals surface area contributed by atoms with E-state index in [4.69, 9.17) is 4.74 Å². The fourth-order valence-corrected chi connectivity index (χ4v) is 4.81. The molecular weight excluding hydrogens is 462 g/mol. The van der Waals surface area contributed by atoms with Crippen LogP contribution in [0, 0.1) is 18.6 Å². The number of sulfonamides is 1. The van der Waals surface area contributed by atoms with Crippen LogP contribution in [0.3, 0.4) is 0 Å². The molecule has 0 saturated heterocycles. The highest BCUT2D eigenvalue weighted by molar-refractivity contribution is 7.92. The Morgan fingerprint density at radius 3 is 2.53 bits per heavy atom. The summed E-state index contributed by atoms with van der Waals surface area (Å²) >= 11 is 0. The van der Waals surface area contributed by atoms with Crippen LogP contribution in [0.2, 0.25) is 0 Å². The van der Waals surface area contributed by atoms with Crippen molar-refractivity contribution in [2.45, 2.75) is 44.4 Å². The van der Waals surface area contributed by atoms with Crippen molar-refractivity contribution in [3.05, 3.63) is 89.0 Å². The Bertz CT molecular complexity index is 1340. The van der Waals surface area contributed by atoms with Gasteiger partial charge < -0.3 is 9.64 Å². The second-order valence-corrected chi connectivity index (χ2v) is 9.82. The maximum atomic E-state index is 14.2. The number of hydrogen-bond acceptors (Lipinski definition) is 4. The summed E-state index contributed by atoms with van der Waals surface area (Å²) in [5.41, 5.74) is 1.51. The molecule has 0 fully saturated rings. The SMILES string of the molecule is CCC1Oc2ccc(NS(=O)(=O)c3ccc(C)c(F)c3)cc2CN(Cc2ccccc2F)C1=O. The van der Waals surface area contributed by atoms with Crippen molar-refractivity contribution in [2.75, 3.05) is 4.72 Å². The Labute approximate surface area is 197 Å². The number of halogens is 2. The topological polar surface area (TPSA) is 75.7 Å². The predicted molar refractivity (Wildman–Crippen MR) is 124 cm³/mol. The van der Waals surface area contributed by atoms with Gasteiger partial charge in [0.15, 0.2) is 6.10 Å². The van der Waals surface area contributed by atoms with E-state index in [9.17, 15) is 22.0 Å². The van der Waals surface area contributed by atoms with Crippen molar-refractivity contribution in [1.29, 1.82) is 0 Å². The minimum Gasteiger partial charge on any atom is -0.480 e. The molecule has 0 aliphatic carbocycles. The molecular formula is C25H24F2N2O4S. The molecule has 1 atom stereocenters. The quantitative estimate of drug-likeness (QED) is 0.545. The Kier molecular flexibility index (Phi) is 6.56. The van der Waals surface area contributed by atoms with Crippen LogP contribution in [0.15, 0.2) is 65.6 Å². The van der Waals surface area contributed by atoms with Gasteiger partial charge in [0.2, 0.25) is 0 Å². The third kappa shape index (κ3) is 4.89. The molecule has 0 aromatic heterocycles. The zero-order valence-corrected chi connectivity index (χ0v) is 19.5. The van der Waals surface area contributed by atoms with E-state index in [0.717, 1.165) is 6.07 Å². The van der Waals surface area contributed by atoms with E-state index in [2.05, 4.69) is 4.72 Å². The standard InChI is InChI=1S/C25H24F2N2O4S/c1-3-23-25(30)29(14-17-6-4-5-7-21(17)26)15-18-12-19(9-11-24(18)33-23)28-34(31,32)20-10-8-16(2)22(27)13-20/h4-13,23,28H,3,14-15H2,1-2H3. The van der Waals surface area contributed by atoms with Crippen LogP contribution in [-0.4, -0.2) is 25.3 Å².